The molecule has 7 heteroatoms. The number of Topliss-reactive ketones (excluding diaryl/α,β-unsaturated/α-hetero) is 2. The monoisotopic (exact) mass is 356 g/mol. The lowest BCUT2D eigenvalue weighted by molar-refractivity contribution is -0.124. The summed E-state index contributed by atoms with van der Waals surface area (Å²) in [5, 5.41) is 2.95. The summed E-state index contributed by atoms with van der Waals surface area (Å²) in [6, 6.07) is 2.16. The molecule has 0 aromatic heterocycles. The number of hydrogen-bond acceptors (Lipinski definition) is 4. The first-order valence-corrected chi connectivity index (χ1v) is 7.97. The van der Waals surface area contributed by atoms with Crippen molar-refractivity contribution in [2.24, 2.45) is 0 Å². The second-order valence-electron chi connectivity index (χ2n) is 6.02. The molecule has 0 bridgehead atoms. The number of rotatable bonds is 5. The van der Waals surface area contributed by atoms with Crippen LogP contribution < -0.4 is 5.32 Å². The van der Waals surface area contributed by atoms with Gasteiger partial charge in [-0.1, -0.05) is 11.6 Å². The first kappa shape index (κ1) is 18.5. The smallest absolute Gasteiger partial charge is 0.168 e. The van der Waals surface area contributed by atoms with Gasteiger partial charge in [0, 0.05) is 48.6 Å². The molecule has 1 N–H and O–H groups in total. The number of carbonyl (C=O) groups is 2. The largest absolute Gasteiger partial charge is 0.389 e. The van der Waals surface area contributed by atoms with Gasteiger partial charge in [0.15, 0.2) is 23.2 Å². The molecule has 0 spiro atoms. The van der Waals surface area contributed by atoms with Crippen LogP contribution in [-0.4, -0.2) is 43.7 Å². The molecule has 0 unspecified atom stereocenters. The minimum Gasteiger partial charge on any atom is -0.389 e. The van der Waals surface area contributed by atoms with Crippen LogP contribution in [0.4, 0.5) is 8.78 Å². The highest BCUT2D eigenvalue weighted by molar-refractivity contribution is 6.31. The van der Waals surface area contributed by atoms with Crippen molar-refractivity contribution in [3.63, 3.8) is 0 Å². The maximum Gasteiger partial charge on any atom is 0.168 e. The number of halogens is 3. The Morgan fingerprint density at radius 1 is 1.25 bits per heavy atom. The van der Waals surface area contributed by atoms with Crippen molar-refractivity contribution in [2.75, 3.05) is 27.2 Å². The Hall–Kier alpha value is -1.79. The Balaban J connectivity index is 2.14. The molecule has 0 heterocycles. The molecule has 24 heavy (non-hydrogen) atoms. The maximum absolute atomic E-state index is 14.0. The Kier molecular flexibility index (Phi) is 6.07. The molecule has 1 fully saturated rings. The Morgan fingerprint density at radius 2 is 1.88 bits per heavy atom. The summed E-state index contributed by atoms with van der Waals surface area (Å²) in [5.41, 5.74) is -0.0316. The molecule has 1 aromatic rings. The third-order valence-electron chi connectivity index (χ3n) is 3.90. The summed E-state index contributed by atoms with van der Waals surface area (Å²) in [7, 11) is 3.82. The van der Waals surface area contributed by atoms with Crippen LogP contribution in [0.5, 0.6) is 0 Å². The number of hydrogen-bond donors (Lipinski definition) is 1. The lowest BCUT2D eigenvalue weighted by Crippen LogP contribution is -2.29. The molecular formula is C17H19ClF2N2O2. The van der Waals surface area contributed by atoms with Gasteiger partial charge < -0.3 is 10.2 Å². The first-order chi connectivity index (χ1) is 11.3. The minimum atomic E-state index is -1.09. The van der Waals surface area contributed by atoms with Gasteiger partial charge in [0.25, 0.3) is 0 Å². The first-order valence-electron chi connectivity index (χ1n) is 7.59. The molecule has 0 aliphatic heterocycles. The van der Waals surface area contributed by atoms with Crippen LogP contribution in [-0.2, 0) is 9.59 Å². The highest BCUT2D eigenvalue weighted by Crippen LogP contribution is 2.37. The van der Waals surface area contributed by atoms with Gasteiger partial charge in [-0.15, -0.1) is 0 Å². The summed E-state index contributed by atoms with van der Waals surface area (Å²) in [5.74, 6) is -3.67. The van der Waals surface area contributed by atoms with E-state index >= 15 is 0 Å². The minimum absolute atomic E-state index is 0.0241. The van der Waals surface area contributed by atoms with Gasteiger partial charge in [0.2, 0.25) is 0 Å². The molecule has 2 rings (SSSR count). The quantitative estimate of drug-likeness (QED) is 0.381. The van der Waals surface area contributed by atoms with Crippen molar-refractivity contribution < 1.29 is 18.4 Å². The summed E-state index contributed by atoms with van der Waals surface area (Å²) in [4.78, 5) is 26.4. The van der Waals surface area contributed by atoms with E-state index < -0.39 is 29.1 Å². The zero-order valence-electron chi connectivity index (χ0n) is 13.5. The van der Waals surface area contributed by atoms with E-state index in [0.717, 1.165) is 12.6 Å². The van der Waals surface area contributed by atoms with Gasteiger partial charge in [0.05, 0.1) is 5.57 Å². The molecule has 0 radical (unpaired) electrons. The van der Waals surface area contributed by atoms with E-state index in [9.17, 15) is 18.4 Å². The number of benzene rings is 1. The van der Waals surface area contributed by atoms with E-state index in [0.29, 0.717) is 6.54 Å². The van der Waals surface area contributed by atoms with Crippen molar-refractivity contribution in [1.29, 1.82) is 0 Å². The molecule has 4 nitrogen and oxygen atoms in total. The van der Waals surface area contributed by atoms with E-state index in [2.05, 4.69) is 5.32 Å². The van der Waals surface area contributed by atoms with Crippen LogP contribution in [0.3, 0.4) is 0 Å². The average Bonchev–Trinajstić information content (AvgIpc) is 2.49. The fraction of sp³-hybridized carbons (Fsp3) is 0.412. The second-order valence-corrected chi connectivity index (χ2v) is 6.43. The van der Waals surface area contributed by atoms with Crippen molar-refractivity contribution >= 4 is 23.2 Å². The summed E-state index contributed by atoms with van der Waals surface area (Å²) in [6.07, 6.45) is 1.26. The standard InChI is InChI=1S/C17H19ClF2N2O2/c1-22(2)6-5-21-9-11-14(23)7-10(8-15(11)24)16-12(18)3-4-13(19)17(16)20/h3-4,9-10,21H,5-8H2,1-2H3. The number of likely N-dealkylation sites (N-methyl/N-ethyl adjacent to an activating group) is 1. The van der Waals surface area contributed by atoms with Gasteiger partial charge in [0.1, 0.15) is 0 Å². The molecule has 1 aliphatic carbocycles. The predicted octanol–water partition coefficient (Wildman–Crippen LogP) is 2.67. The third-order valence-corrected chi connectivity index (χ3v) is 4.23. The number of nitrogens with zero attached hydrogens (tertiary/aromatic N) is 1. The highest BCUT2D eigenvalue weighted by atomic mass is 35.5. The Bertz CT molecular complexity index is 669. The van der Waals surface area contributed by atoms with Crippen LogP contribution in [0.1, 0.15) is 24.3 Å². The number of ketones is 2. The summed E-state index contributed by atoms with van der Waals surface area (Å²) < 4.78 is 27.4. The molecule has 0 amide bonds. The van der Waals surface area contributed by atoms with Crippen molar-refractivity contribution in [3.05, 3.63) is 46.1 Å². The van der Waals surface area contributed by atoms with Gasteiger partial charge in [-0.05, 0) is 26.2 Å². The zero-order chi connectivity index (χ0) is 17.9. The van der Waals surface area contributed by atoms with Crippen LogP contribution in [0, 0.1) is 11.6 Å². The summed E-state index contributed by atoms with van der Waals surface area (Å²) >= 11 is 5.94. The fourth-order valence-corrected chi connectivity index (χ4v) is 2.94. The van der Waals surface area contributed by atoms with E-state index in [-0.39, 0.29) is 29.0 Å². The topological polar surface area (TPSA) is 49.4 Å². The fourth-order valence-electron chi connectivity index (χ4n) is 2.64. The molecular weight excluding hydrogens is 338 g/mol. The normalized spacial score (nSPS) is 18.2. The molecule has 1 aromatic carbocycles. The van der Waals surface area contributed by atoms with Gasteiger partial charge in [-0.3, -0.25) is 9.59 Å². The second kappa shape index (κ2) is 7.85. The molecule has 130 valence electrons. The zero-order valence-corrected chi connectivity index (χ0v) is 14.3. The van der Waals surface area contributed by atoms with Crippen LogP contribution in [0.25, 0.3) is 0 Å². The lowest BCUT2D eigenvalue weighted by Gasteiger charge is -2.23. The van der Waals surface area contributed by atoms with Gasteiger partial charge >= 0.3 is 0 Å². The predicted molar refractivity (Wildman–Crippen MR) is 88.0 cm³/mol. The van der Waals surface area contributed by atoms with Crippen LogP contribution in [0.15, 0.2) is 23.9 Å². The van der Waals surface area contributed by atoms with Crippen molar-refractivity contribution in [2.45, 2.75) is 18.8 Å². The summed E-state index contributed by atoms with van der Waals surface area (Å²) in [6.45, 7) is 1.34. The molecule has 1 saturated carbocycles. The van der Waals surface area contributed by atoms with Crippen molar-refractivity contribution in [1.82, 2.24) is 10.2 Å². The molecule has 0 atom stereocenters. The Labute approximate surface area is 144 Å². The SMILES string of the molecule is CN(C)CCNC=C1C(=O)CC(c2c(Cl)ccc(F)c2F)CC1=O. The average molecular weight is 357 g/mol. The van der Waals surface area contributed by atoms with Crippen LogP contribution >= 0.6 is 11.6 Å². The number of nitrogens with one attached hydrogen (secondary N) is 1. The van der Waals surface area contributed by atoms with E-state index in [1.54, 1.807) is 0 Å². The maximum atomic E-state index is 14.0. The van der Waals surface area contributed by atoms with Gasteiger partial charge in [-0.2, -0.15) is 0 Å². The molecule has 1 aliphatic rings. The van der Waals surface area contributed by atoms with Gasteiger partial charge in [-0.25, -0.2) is 8.78 Å². The van der Waals surface area contributed by atoms with E-state index in [1.807, 2.05) is 19.0 Å². The third kappa shape index (κ3) is 4.19. The van der Waals surface area contributed by atoms with E-state index in [1.165, 1.54) is 12.3 Å². The lowest BCUT2D eigenvalue weighted by atomic mass is 9.80. The number of allylic oxidation sites excluding steroid dienone is 1. The Morgan fingerprint density at radius 3 is 2.46 bits per heavy atom. The van der Waals surface area contributed by atoms with Crippen LogP contribution in [0.2, 0.25) is 5.02 Å². The van der Waals surface area contributed by atoms with Crippen molar-refractivity contribution in [3.8, 4) is 0 Å². The highest BCUT2D eigenvalue weighted by Gasteiger charge is 2.34. The molecule has 0 saturated heterocycles. The van der Waals surface area contributed by atoms with E-state index in [4.69, 9.17) is 11.6 Å². The number of carbonyl (C=O) groups excluding carboxylic acids is 2.